The predicted molar refractivity (Wildman–Crippen MR) is 92.6 cm³/mol. The predicted octanol–water partition coefficient (Wildman–Crippen LogP) is 4.18. The Labute approximate surface area is 137 Å². The van der Waals surface area contributed by atoms with Gasteiger partial charge in [0.25, 0.3) is 0 Å². The SMILES string of the molecule is CC1(C)CN(CCn2ccc3cc(Cl)ccc32)CC(C)(C)O1. The molecule has 0 bridgehead atoms. The van der Waals surface area contributed by atoms with Gasteiger partial charge in [0.15, 0.2) is 0 Å². The summed E-state index contributed by atoms with van der Waals surface area (Å²) in [6, 6.07) is 8.22. The minimum Gasteiger partial charge on any atom is -0.367 e. The van der Waals surface area contributed by atoms with Crippen LogP contribution in [0.25, 0.3) is 10.9 Å². The molecule has 3 nitrogen and oxygen atoms in total. The molecule has 2 aromatic rings. The molecule has 0 unspecified atom stereocenters. The van der Waals surface area contributed by atoms with E-state index in [1.54, 1.807) is 0 Å². The molecule has 2 heterocycles. The van der Waals surface area contributed by atoms with Crippen molar-refractivity contribution in [3.8, 4) is 0 Å². The topological polar surface area (TPSA) is 17.4 Å². The molecule has 1 aliphatic heterocycles. The minimum absolute atomic E-state index is 0.0893. The van der Waals surface area contributed by atoms with E-state index in [0.29, 0.717) is 0 Å². The van der Waals surface area contributed by atoms with Gasteiger partial charge in [0.1, 0.15) is 0 Å². The summed E-state index contributed by atoms with van der Waals surface area (Å²) in [5, 5.41) is 2.00. The monoisotopic (exact) mass is 320 g/mol. The number of nitrogens with zero attached hydrogens (tertiary/aromatic N) is 2. The second-order valence-electron chi connectivity index (χ2n) is 7.54. The van der Waals surface area contributed by atoms with Crippen molar-refractivity contribution >= 4 is 22.5 Å². The van der Waals surface area contributed by atoms with Crippen LogP contribution in [0.1, 0.15) is 27.7 Å². The largest absolute Gasteiger partial charge is 0.367 e. The van der Waals surface area contributed by atoms with E-state index in [1.165, 1.54) is 10.9 Å². The standard InChI is InChI=1S/C18H25ClN2O/c1-17(2)12-20(13-18(3,4)22-17)9-10-21-8-7-14-11-15(19)5-6-16(14)21/h5-8,11H,9-10,12-13H2,1-4H3. The summed E-state index contributed by atoms with van der Waals surface area (Å²) in [6.45, 7) is 12.7. The average Bonchev–Trinajstić information content (AvgIpc) is 2.74. The summed E-state index contributed by atoms with van der Waals surface area (Å²) >= 11 is 6.06. The van der Waals surface area contributed by atoms with Crippen LogP contribution in [0.15, 0.2) is 30.5 Å². The third-order valence-electron chi connectivity index (χ3n) is 4.15. The third kappa shape index (κ3) is 3.48. The van der Waals surface area contributed by atoms with Crippen LogP contribution < -0.4 is 0 Å². The first-order chi connectivity index (χ1) is 10.2. The molecule has 1 aromatic heterocycles. The van der Waals surface area contributed by atoms with Crippen molar-refractivity contribution in [1.29, 1.82) is 0 Å². The molecule has 0 N–H and O–H groups in total. The smallest absolute Gasteiger partial charge is 0.0760 e. The summed E-state index contributed by atoms with van der Waals surface area (Å²) < 4.78 is 8.46. The Bertz CT molecular complexity index is 659. The molecule has 3 rings (SSSR count). The lowest BCUT2D eigenvalue weighted by Crippen LogP contribution is -2.57. The molecule has 1 fully saturated rings. The van der Waals surface area contributed by atoms with Gasteiger partial charge < -0.3 is 9.30 Å². The quantitative estimate of drug-likeness (QED) is 0.844. The maximum absolute atomic E-state index is 6.15. The zero-order chi connectivity index (χ0) is 16.0. The summed E-state index contributed by atoms with van der Waals surface area (Å²) in [5.74, 6) is 0. The van der Waals surface area contributed by atoms with Crippen LogP contribution in [0.4, 0.5) is 0 Å². The van der Waals surface area contributed by atoms with E-state index in [9.17, 15) is 0 Å². The van der Waals surface area contributed by atoms with Crippen molar-refractivity contribution < 1.29 is 4.74 Å². The lowest BCUT2D eigenvalue weighted by molar-refractivity contribution is -0.180. The number of hydrogen-bond acceptors (Lipinski definition) is 2. The molecular formula is C18H25ClN2O. The summed E-state index contributed by atoms with van der Waals surface area (Å²) in [5.41, 5.74) is 1.07. The zero-order valence-corrected chi connectivity index (χ0v) is 14.7. The summed E-state index contributed by atoms with van der Waals surface area (Å²) in [4.78, 5) is 2.51. The fraction of sp³-hybridized carbons (Fsp3) is 0.556. The second kappa shape index (κ2) is 5.55. The number of fused-ring (bicyclic) bond motifs is 1. The van der Waals surface area contributed by atoms with Crippen molar-refractivity contribution in [1.82, 2.24) is 9.47 Å². The van der Waals surface area contributed by atoms with Crippen molar-refractivity contribution in [2.24, 2.45) is 0 Å². The number of benzene rings is 1. The molecule has 1 aliphatic rings. The third-order valence-corrected chi connectivity index (χ3v) is 4.39. The van der Waals surface area contributed by atoms with Crippen LogP contribution in [0, 0.1) is 0 Å². The molecule has 22 heavy (non-hydrogen) atoms. The average molecular weight is 321 g/mol. The van der Waals surface area contributed by atoms with Gasteiger partial charge in [-0.1, -0.05) is 11.6 Å². The van der Waals surface area contributed by atoms with Crippen LogP contribution in [0.5, 0.6) is 0 Å². The van der Waals surface area contributed by atoms with Gasteiger partial charge in [0.2, 0.25) is 0 Å². The molecule has 0 atom stereocenters. The first-order valence-corrected chi connectivity index (χ1v) is 8.29. The highest BCUT2D eigenvalue weighted by atomic mass is 35.5. The van der Waals surface area contributed by atoms with Crippen molar-refractivity contribution in [3.63, 3.8) is 0 Å². The molecule has 0 spiro atoms. The van der Waals surface area contributed by atoms with E-state index in [4.69, 9.17) is 16.3 Å². The normalized spacial score (nSPS) is 21.3. The Kier molecular flexibility index (Phi) is 4.00. The number of aromatic nitrogens is 1. The van der Waals surface area contributed by atoms with E-state index in [0.717, 1.165) is 31.2 Å². The Morgan fingerprint density at radius 3 is 2.41 bits per heavy atom. The number of halogens is 1. The van der Waals surface area contributed by atoms with Gasteiger partial charge in [-0.3, -0.25) is 4.90 Å². The molecule has 0 aliphatic carbocycles. The number of hydrogen-bond donors (Lipinski definition) is 0. The Morgan fingerprint density at radius 1 is 1.05 bits per heavy atom. The highest BCUT2D eigenvalue weighted by molar-refractivity contribution is 6.31. The van der Waals surface area contributed by atoms with E-state index in [-0.39, 0.29) is 11.2 Å². The van der Waals surface area contributed by atoms with Gasteiger partial charge in [-0.2, -0.15) is 0 Å². The number of ether oxygens (including phenoxy) is 1. The van der Waals surface area contributed by atoms with Gasteiger partial charge in [0.05, 0.1) is 11.2 Å². The minimum atomic E-state index is -0.0893. The van der Waals surface area contributed by atoms with Gasteiger partial charge in [-0.25, -0.2) is 0 Å². The van der Waals surface area contributed by atoms with Gasteiger partial charge in [0, 0.05) is 48.3 Å². The summed E-state index contributed by atoms with van der Waals surface area (Å²) in [7, 11) is 0. The maximum Gasteiger partial charge on any atom is 0.0760 e. The van der Waals surface area contributed by atoms with Crippen molar-refractivity contribution in [3.05, 3.63) is 35.5 Å². The molecule has 120 valence electrons. The lowest BCUT2D eigenvalue weighted by atomic mass is 9.99. The number of morpholine rings is 1. The van der Waals surface area contributed by atoms with Gasteiger partial charge >= 0.3 is 0 Å². The highest BCUT2D eigenvalue weighted by Crippen LogP contribution is 2.28. The number of rotatable bonds is 3. The highest BCUT2D eigenvalue weighted by Gasteiger charge is 2.37. The molecule has 0 amide bonds. The van der Waals surface area contributed by atoms with Crippen LogP contribution in [0.2, 0.25) is 5.02 Å². The van der Waals surface area contributed by atoms with Crippen molar-refractivity contribution in [2.75, 3.05) is 19.6 Å². The van der Waals surface area contributed by atoms with Gasteiger partial charge in [-0.15, -0.1) is 0 Å². The molecule has 1 aromatic carbocycles. The Hall–Kier alpha value is -1.03. The van der Waals surface area contributed by atoms with Gasteiger partial charge in [-0.05, 0) is 52.0 Å². The van der Waals surface area contributed by atoms with Crippen LogP contribution in [0.3, 0.4) is 0 Å². The summed E-state index contributed by atoms with van der Waals surface area (Å²) in [6.07, 6.45) is 2.15. The van der Waals surface area contributed by atoms with E-state index in [1.807, 2.05) is 12.1 Å². The molecule has 4 heteroatoms. The van der Waals surface area contributed by atoms with Crippen molar-refractivity contribution in [2.45, 2.75) is 45.4 Å². The lowest BCUT2D eigenvalue weighted by Gasteiger charge is -2.47. The Morgan fingerprint density at radius 2 is 1.73 bits per heavy atom. The first kappa shape index (κ1) is 15.9. The first-order valence-electron chi connectivity index (χ1n) is 7.91. The van der Waals surface area contributed by atoms with E-state index < -0.39 is 0 Å². The molecule has 0 saturated carbocycles. The second-order valence-corrected chi connectivity index (χ2v) is 7.98. The van der Waals surface area contributed by atoms with E-state index in [2.05, 4.69) is 55.5 Å². The fourth-order valence-corrected chi connectivity index (χ4v) is 3.90. The molecular weight excluding hydrogens is 296 g/mol. The molecule has 0 radical (unpaired) electrons. The van der Waals surface area contributed by atoms with Crippen LogP contribution >= 0.6 is 11.6 Å². The maximum atomic E-state index is 6.15. The molecule has 1 saturated heterocycles. The van der Waals surface area contributed by atoms with E-state index >= 15 is 0 Å². The van der Waals surface area contributed by atoms with Crippen LogP contribution in [-0.4, -0.2) is 40.3 Å². The fourth-order valence-electron chi connectivity index (χ4n) is 3.72. The Balaban J connectivity index is 1.71. The zero-order valence-electron chi connectivity index (χ0n) is 13.9. The van der Waals surface area contributed by atoms with Crippen LogP contribution in [-0.2, 0) is 11.3 Å².